The van der Waals surface area contributed by atoms with Crippen molar-refractivity contribution in [3.05, 3.63) is 18.0 Å². The largest absolute Gasteiger partial charge is 0.493 e. The van der Waals surface area contributed by atoms with Crippen LogP contribution in [0.1, 0.15) is 25.5 Å². The molecule has 0 saturated carbocycles. The van der Waals surface area contributed by atoms with E-state index in [1.807, 2.05) is 6.07 Å². The molecule has 0 spiro atoms. The van der Waals surface area contributed by atoms with Crippen molar-refractivity contribution in [2.75, 3.05) is 27.4 Å². The molecule has 5 heteroatoms. The van der Waals surface area contributed by atoms with Crippen molar-refractivity contribution in [2.45, 2.75) is 32.4 Å². The number of hydrogen-bond acceptors (Lipinski definition) is 5. The van der Waals surface area contributed by atoms with Crippen molar-refractivity contribution in [3.8, 4) is 11.5 Å². The van der Waals surface area contributed by atoms with Crippen LogP contribution < -0.4 is 14.8 Å². The molecule has 1 aliphatic heterocycles. The number of methoxy groups -OCH3 is 2. The molecule has 0 radical (unpaired) electrons. The van der Waals surface area contributed by atoms with E-state index in [2.05, 4.69) is 17.2 Å². The summed E-state index contributed by atoms with van der Waals surface area (Å²) < 4.78 is 16.1. The fourth-order valence-corrected chi connectivity index (χ4v) is 2.62. The van der Waals surface area contributed by atoms with Gasteiger partial charge < -0.3 is 19.5 Å². The number of ether oxygens (including phenoxy) is 3. The molecule has 2 heterocycles. The first kappa shape index (κ1) is 15.1. The normalized spacial score (nSPS) is 17.8. The Labute approximate surface area is 120 Å². The minimum atomic E-state index is 0.441. The third kappa shape index (κ3) is 3.61. The van der Waals surface area contributed by atoms with Crippen molar-refractivity contribution < 1.29 is 14.2 Å². The first-order chi connectivity index (χ1) is 9.76. The summed E-state index contributed by atoms with van der Waals surface area (Å²) in [6.07, 6.45) is 3.99. The molecule has 1 atom stereocenters. The van der Waals surface area contributed by atoms with Gasteiger partial charge in [0.05, 0.1) is 19.9 Å². The van der Waals surface area contributed by atoms with E-state index in [0.717, 1.165) is 37.5 Å². The average molecular weight is 280 g/mol. The Kier molecular flexibility index (Phi) is 5.61. The van der Waals surface area contributed by atoms with Gasteiger partial charge in [0.15, 0.2) is 11.5 Å². The molecule has 1 unspecified atom stereocenters. The van der Waals surface area contributed by atoms with Gasteiger partial charge in [-0.1, -0.05) is 0 Å². The van der Waals surface area contributed by atoms with Gasteiger partial charge in [0.1, 0.15) is 0 Å². The Morgan fingerprint density at radius 3 is 2.75 bits per heavy atom. The van der Waals surface area contributed by atoms with E-state index in [-0.39, 0.29) is 0 Å². The van der Waals surface area contributed by atoms with E-state index in [1.54, 1.807) is 20.4 Å². The number of nitrogens with one attached hydrogen (secondary N) is 1. The molecule has 0 amide bonds. The lowest BCUT2D eigenvalue weighted by atomic mass is 9.93. The van der Waals surface area contributed by atoms with Crippen molar-refractivity contribution in [1.82, 2.24) is 10.3 Å². The zero-order valence-corrected chi connectivity index (χ0v) is 12.5. The number of nitrogens with zero attached hydrogens (tertiary/aromatic N) is 1. The van der Waals surface area contributed by atoms with Crippen LogP contribution in [-0.4, -0.2) is 38.5 Å². The highest BCUT2D eigenvalue weighted by atomic mass is 16.5. The van der Waals surface area contributed by atoms with Gasteiger partial charge in [0, 0.05) is 38.1 Å². The Morgan fingerprint density at radius 1 is 1.35 bits per heavy atom. The van der Waals surface area contributed by atoms with Gasteiger partial charge >= 0.3 is 0 Å². The van der Waals surface area contributed by atoms with Crippen LogP contribution in [0.25, 0.3) is 0 Å². The number of pyridine rings is 1. The van der Waals surface area contributed by atoms with Crippen LogP contribution in [0.4, 0.5) is 0 Å². The third-order valence-corrected chi connectivity index (χ3v) is 3.93. The van der Waals surface area contributed by atoms with Crippen LogP contribution >= 0.6 is 0 Å². The molecule has 1 aliphatic rings. The topological polar surface area (TPSA) is 52.6 Å². The van der Waals surface area contributed by atoms with Crippen LogP contribution in [0.2, 0.25) is 0 Å². The second-order valence-electron chi connectivity index (χ2n) is 5.11. The highest BCUT2D eigenvalue weighted by Crippen LogP contribution is 2.29. The van der Waals surface area contributed by atoms with Crippen molar-refractivity contribution in [1.29, 1.82) is 0 Å². The molecule has 1 fully saturated rings. The Bertz CT molecular complexity index is 420. The molecule has 2 rings (SSSR count). The molecular weight excluding hydrogens is 256 g/mol. The van der Waals surface area contributed by atoms with Crippen LogP contribution in [0.3, 0.4) is 0 Å². The SMILES string of the molecule is COc1ccnc(CNC(C)C2CCOCC2)c1OC. The van der Waals surface area contributed by atoms with Gasteiger partial charge in [-0.3, -0.25) is 4.98 Å². The predicted octanol–water partition coefficient (Wildman–Crippen LogP) is 2.00. The maximum atomic E-state index is 5.40. The second kappa shape index (κ2) is 7.45. The maximum Gasteiger partial charge on any atom is 0.183 e. The molecule has 1 N–H and O–H groups in total. The predicted molar refractivity (Wildman–Crippen MR) is 77.2 cm³/mol. The summed E-state index contributed by atoms with van der Waals surface area (Å²) in [5.41, 5.74) is 0.880. The lowest BCUT2D eigenvalue weighted by Crippen LogP contribution is -2.36. The number of rotatable bonds is 6. The minimum absolute atomic E-state index is 0.441. The molecule has 0 bridgehead atoms. The molecule has 0 aliphatic carbocycles. The van der Waals surface area contributed by atoms with Crippen LogP contribution in [-0.2, 0) is 11.3 Å². The number of aromatic nitrogens is 1. The highest BCUT2D eigenvalue weighted by Gasteiger charge is 2.21. The minimum Gasteiger partial charge on any atom is -0.493 e. The zero-order chi connectivity index (χ0) is 14.4. The summed E-state index contributed by atoms with van der Waals surface area (Å²) in [4.78, 5) is 4.38. The number of hydrogen-bond donors (Lipinski definition) is 1. The van der Waals surface area contributed by atoms with E-state index < -0.39 is 0 Å². The Hall–Kier alpha value is -1.33. The highest BCUT2D eigenvalue weighted by molar-refractivity contribution is 5.42. The van der Waals surface area contributed by atoms with Crippen molar-refractivity contribution >= 4 is 0 Å². The lowest BCUT2D eigenvalue weighted by Gasteiger charge is -2.28. The Balaban J connectivity index is 1.96. The van der Waals surface area contributed by atoms with Gasteiger partial charge in [-0.05, 0) is 25.7 Å². The summed E-state index contributed by atoms with van der Waals surface area (Å²) in [5, 5.41) is 3.54. The molecule has 0 aromatic carbocycles. The molecule has 1 saturated heterocycles. The molecule has 5 nitrogen and oxygen atoms in total. The van der Waals surface area contributed by atoms with Crippen LogP contribution in [0, 0.1) is 5.92 Å². The van der Waals surface area contributed by atoms with E-state index in [0.29, 0.717) is 24.3 Å². The van der Waals surface area contributed by atoms with Crippen molar-refractivity contribution in [3.63, 3.8) is 0 Å². The first-order valence-electron chi connectivity index (χ1n) is 7.13. The first-order valence-corrected chi connectivity index (χ1v) is 7.13. The van der Waals surface area contributed by atoms with Crippen molar-refractivity contribution in [2.24, 2.45) is 5.92 Å². The summed E-state index contributed by atoms with van der Waals surface area (Å²) >= 11 is 0. The summed E-state index contributed by atoms with van der Waals surface area (Å²) in [6.45, 7) is 4.65. The summed E-state index contributed by atoms with van der Waals surface area (Å²) in [6, 6.07) is 2.25. The Morgan fingerprint density at radius 2 is 2.10 bits per heavy atom. The lowest BCUT2D eigenvalue weighted by molar-refractivity contribution is 0.0557. The fourth-order valence-electron chi connectivity index (χ4n) is 2.62. The molecule has 112 valence electrons. The van der Waals surface area contributed by atoms with Gasteiger partial charge in [-0.2, -0.15) is 0 Å². The second-order valence-corrected chi connectivity index (χ2v) is 5.11. The van der Waals surface area contributed by atoms with Crippen LogP contribution in [0.15, 0.2) is 12.3 Å². The van der Waals surface area contributed by atoms with Gasteiger partial charge in [0.2, 0.25) is 0 Å². The van der Waals surface area contributed by atoms with Crippen LogP contribution in [0.5, 0.6) is 11.5 Å². The summed E-state index contributed by atoms with van der Waals surface area (Å²) in [5.74, 6) is 2.10. The van der Waals surface area contributed by atoms with Gasteiger partial charge in [-0.15, -0.1) is 0 Å². The molecule has 1 aromatic rings. The standard InChI is InChI=1S/C15H24N2O3/c1-11(12-5-8-20-9-6-12)17-10-13-15(19-3)14(18-2)4-7-16-13/h4,7,11-12,17H,5-6,8-10H2,1-3H3. The average Bonchev–Trinajstić information content (AvgIpc) is 2.52. The maximum absolute atomic E-state index is 5.40. The zero-order valence-electron chi connectivity index (χ0n) is 12.5. The smallest absolute Gasteiger partial charge is 0.183 e. The van der Waals surface area contributed by atoms with E-state index in [1.165, 1.54) is 0 Å². The van der Waals surface area contributed by atoms with Gasteiger partial charge in [0.25, 0.3) is 0 Å². The quantitative estimate of drug-likeness (QED) is 0.864. The monoisotopic (exact) mass is 280 g/mol. The van der Waals surface area contributed by atoms with E-state index >= 15 is 0 Å². The third-order valence-electron chi connectivity index (χ3n) is 3.93. The fraction of sp³-hybridized carbons (Fsp3) is 0.667. The molecular formula is C15H24N2O3. The van der Waals surface area contributed by atoms with E-state index in [4.69, 9.17) is 14.2 Å². The molecule has 20 heavy (non-hydrogen) atoms. The van der Waals surface area contributed by atoms with E-state index in [9.17, 15) is 0 Å². The van der Waals surface area contributed by atoms with Gasteiger partial charge in [-0.25, -0.2) is 0 Å². The summed E-state index contributed by atoms with van der Waals surface area (Å²) in [7, 11) is 3.28. The molecule has 1 aromatic heterocycles.